The lowest BCUT2D eigenvalue weighted by Crippen LogP contribution is -2.29. The van der Waals surface area contributed by atoms with E-state index < -0.39 is 5.91 Å². The van der Waals surface area contributed by atoms with Crippen molar-refractivity contribution in [1.29, 1.82) is 0 Å². The number of ether oxygens (including phenoxy) is 2. The van der Waals surface area contributed by atoms with Crippen molar-refractivity contribution >= 4 is 34.8 Å². The van der Waals surface area contributed by atoms with Crippen LogP contribution < -0.4 is 20.5 Å². The summed E-state index contributed by atoms with van der Waals surface area (Å²) in [6.45, 7) is 1.82. The van der Waals surface area contributed by atoms with Crippen molar-refractivity contribution in [2.24, 2.45) is 5.73 Å². The highest BCUT2D eigenvalue weighted by Gasteiger charge is 2.22. The Morgan fingerprint density at radius 1 is 1.18 bits per heavy atom. The number of hydrogen-bond donors (Lipinski definition) is 2. The summed E-state index contributed by atoms with van der Waals surface area (Å²) in [7, 11) is 1.43. The molecule has 0 saturated heterocycles. The Kier molecular flexibility index (Phi) is 8.74. The molecule has 1 aromatic heterocycles. The third-order valence-electron chi connectivity index (χ3n) is 5.09. The van der Waals surface area contributed by atoms with Gasteiger partial charge in [-0.05, 0) is 47.5 Å². The third-order valence-corrected chi connectivity index (χ3v) is 6.30. The van der Waals surface area contributed by atoms with Crippen LogP contribution in [0.15, 0.2) is 53.9 Å². The molecule has 2 amide bonds. The highest BCUT2D eigenvalue weighted by atomic mass is 35.5. The van der Waals surface area contributed by atoms with Crippen molar-refractivity contribution in [3.05, 3.63) is 80.5 Å². The van der Waals surface area contributed by atoms with Crippen molar-refractivity contribution in [1.82, 2.24) is 5.32 Å². The van der Waals surface area contributed by atoms with Gasteiger partial charge in [0.25, 0.3) is 11.8 Å². The SMILES string of the molecule is CCCCc1ccc(C(NC(=O)c2cc(Cl)c(OCC(N)=O)c(OC)c2)c2cccs2)cc1. The Labute approximate surface area is 202 Å². The molecule has 6 nitrogen and oxygen atoms in total. The number of primary amides is 1. The zero-order chi connectivity index (χ0) is 23.8. The number of carbonyl (C=O) groups excluding carboxylic acids is 2. The number of hydrogen-bond acceptors (Lipinski definition) is 5. The van der Waals surface area contributed by atoms with Gasteiger partial charge in [0.2, 0.25) is 0 Å². The molecule has 2 aromatic carbocycles. The lowest BCUT2D eigenvalue weighted by atomic mass is 10.0. The summed E-state index contributed by atoms with van der Waals surface area (Å²) in [5.41, 5.74) is 7.72. The molecule has 1 heterocycles. The number of halogens is 1. The third kappa shape index (κ3) is 6.49. The summed E-state index contributed by atoms with van der Waals surface area (Å²) in [5, 5.41) is 5.23. The molecule has 0 fully saturated rings. The molecule has 1 unspecified atom stereocenters. The standard InChI is InChI=1S/C25H27ClN2O4S/c1-3-4-6-16-8-10-17(11-9-16)23(21-7-5-12-33-21)28-25(30)18-13-19(26)24(20(14-18)31-2)32-15-22(27)29/h5,7-14,23H,3-4,6,15H2,1-2H3,(H2,27,29)(H,28,30). The number of thiophene rings is 1. The first-order chi connectivity index (χ1) is 15.9. The molecular weight excluding hydrogens is 460 g/mol. The fraction of sp³-hybridized carbons (Fsp3) is 0.280. The summed E-state index contributed by atoms with van der Waals surface area (Å²) in [6.07, 6.45) is 3.33. The number of nitrogens with two attached hydrogens (primary N) is 1. The van der Waals surface area contributed by atoms with E-state index in [0.29, 0.717) is 5.56 Å². The molecule has 3 N–H and O–H groups in total. The van der Waals surface area contributed by atoms with Gasteiger partial charge in [-0.25, -0.2) is 0 Å². The second-order valence-electron chi connectivity index (χ2n) is 7.51. The lowest BCUT2D eigenvalue weighted by molar-refractivity contribution is -0.119. The molecule has 0 bridgehead atoms. The molecule has 3 aromatic rings. The Morgan fingerprint density at radius 2 is 1.94 bits per heavy atom. The van der Waals surface area contributed by atoms with Crippen molar-refractivity contribution in [3.8, 4) is 11.5 Å². The molecule has 0 aliphatic heterocycles. The van der Waals surface area contributed by atoms with Gasteiger partial charge >= 0.3 is 0 Å². The van der Waals surface area contributed by atoms with Gasteiger partial charge in [0.15, 0.2) is 18.1 Å². The molecule has 1 atom stereocenters. The Balaban J connectivity index is 1.85. The van der Waals surface area contributed by atoms with Crippen LogP contribution in [0, 0.1) is 0 Å². The Morgan fingerprint density at radius 3 is 2.55 bits per heavy atom. The topological polar surface area (TPSA) is 90.6 Å². The molecule has 0 radical (unpaired) electrons. The van der Waals surface area contributed by atoms with Crippen LogP contribution in [0.2, 0.25) is 5.02 Å². The van der Waals surface area contributed by atoms with E-state index in [1.54, 1.807) is 11.3 Å². The smallest absolute Gasteiger partial charge is 0.255 e. The van der Waals surface area contributed by atoms with E-state index in [1.807, 2.05) is 17.5 Å². The van der Waals surface area contributed by atoms with Gasteiger partial charge in [-0.1, -0.05) is 55.3 Å². The van der Waals surface area contributed by atoms with E-state index >= 15 is 0 Å². The first-order valence-electron chi connectivity index (χ1n) is 10.6. The van der Waals surface area contributed by atoms with Crippen molar-refractivity contribution in [3.63, 3.8) is 0 Å². The minimum absolute atomic E-state index is 0.147. The van der Waals surface area contributed by atoms with Crippen molar-refractivity contribution < 1.29 is 19.1 Å². The fourth-order valence-corrected chi connectivity index (χ4v) is 4.45. The van der Waals surface area contributed by atoms with E-state index in [2.05, 4.69) is 36.5 Å². The molecule has 174 valence electrons. The summed E-state index contributed by atoms with van der Waals surface area (Å²) in [6, 6.07) is 15.0. The van der Waals surface area contributed by atoms with E-state index in [0.717, 1.165) is 29.7 Å². The predicted octanol–water partition coefficient (Wildman–Crippen LogP) is 5.14. The maximum atomic E-state index is 13.2. The first kappa shape index (κ1) is 24.6. The number of methoxy groups -OCH3 is 1. The Hall–Kier alpha value is -3.03. The molecule has 8 heteroatoms. The van der Waals surface area contributed by atoms with Crippen LogP contribution >= 0.6 is 22.9 Å². The summed E-state index contributed by atoms with van der Waals surface area (Å²) in [4.78, 5) is 25.3. The van der Waals surface area contributed by atoms with Gasteiger partial charge in [-0.15, -0.1) is 11.3 Å². The monoisotopic (exact) mass is 486 g/mol. The normalized spacial score (nSPS) is 11.6. The molecule has 0 aliphatic carbocycles. The Bertz CT molecular complexity index is 1080. The van der Waals surface area contributed by atoms with Crippen LogP contribution in [0.3, 0.4) is 0 Å². The predicted molar refractivity (Wildman–Crippen MR) is 131 cm³/mol. The zero-order valence-electron chi connectivity index (χ0n) is 18.6. The fourth-order valence-electron chi connectivity index (χ4n) is 3.38. The van der Waals surface area contributed by atoms with E-state index in [9.17, 15) is 9.59 Å². The second-order valence-corrected chi connectivity index (χ2v) is 8.90. The van der Waals surface area contributed by atoms with Gasteiger partial charge in [-0.2, -0.15) is 0 Å². The number of aryl methyl sites for hydroxylation is 1. The molecule has 0 aliphatic rings. The quantitative estimate of drug-likeness (QED) is 0.392. The van der Waals surface area contributed by atoms with Gasteiger partial charge in [0.05, 0.1) is 18.2 Å². The van der Waals surface area contributed by atoms with Gasteiger partial charge in [0, 0.05) is 10.4 Å². The number of unbranched alkanes of at least 4 members (excludes halogenated alkanes) is 1. The number of nitrogens with one attached hydrogen (secondary N) is 1. The highest BCUT2D eigenvalue weighted by molar-refractivity contribution is 7.10. The van der Waals surface area contributed by atoms with Crippen LogP contribution in [-0.2, 0) is 11.2 Å². The number of amides is 2. The molecule has 0 spiro atoms. The summed E-state index contributed by atoms with van der Waals surface area (Å²) >= 11 is 7.89. The van der Waals surface area contributed by atoms with Crippen LogP contribution in [-0.4, -0.2) is 25.5 Å². The van der Waals surface area contributed by atoms with Crippen LogP contribution in [0.5, 0.6) is 11.5 Å². The summed E-state index contributed by atoms with van der Waals surface area (Å²) in [5.74, 6) is -0.562. The van der Waals surface area contributed by atoms with Crippen LogP contribution in [0.25, 0.3) is 0 Å². The average molecular weight is 487 g/mol. The van der Waals surface area contributed by atoms with Gasteiger partial charge < -0.3 is 20.5 Å². The first-order valence-corrected chi connectivity index (χ1v) is 11.9. The number of rotatable bonds is 11. The highest BCUT2D eigenvalue weighted by Crippen LogP contribution is 2.37. The number of benzene rings is 2. The number of carbonyl (C=O) groups is 2. The molecule has 0 saturated carbocycles. The molecule has 3 rings (SSSR count). The zero-order valence-corrected chi connectivity index (χ0v) is 20.2. The largest absolute Gasteiger partial charge is 0.493 e. The van der Waals surface area contributed by atoms with Crippen molar-refractivity contribution in [2.75, 3.05) is 13.7 Å². The van der Waals surface area contributed by atoms with Gasteiger partial charge in [0.1, 0.15) is 0 Å². The van der Waals surface area contributed by atoms with Crippen LogP contribution in [0.4, 0.5) is 0 Å². The average Bonchev–Trinajstić information content (AvgIpc) is 3.34. The maximum absolute atomic E-state index is 13.2. The van der Waals surface area contributed by atoms with Gasteiger partial charge in [-0.3, -0.25) is 9.59 Å². The van der Waals surface area contributed by atoms with E-state index in [-0.39, 0.29) is 35.1 Å². The van der Waals surface area contributed by atoms with Crippen molar-refractivity contribution in [2.45, 2.75) is 32.2 Å². The molecule has 33 heavy (non-hydrogen) atoms. The second kappa shape index (κ2) is 11.7. The minimum Gasteiger partial charge on any atom is -0.493 e. The lowest BCUT2D eigenvalue weighted by Gasteiger charge is -2.19. The van der Waals surface area contributed by atoms with E-state index in [4.69, 9.17) is 26.8 Å². The summed E-state index contributed by atoms with van der Waals surface area (Å²) < 4.78 is 10.7. The minimum atomic E-state index is -0.644. The molecular formula is C25H27ClN2O4S. The van der Waals surface area contributed by atoms with E-state index in [1.165, 1.54) is 24.8 Å². The maximum Gasteiger partial charge on any atom is 0.255 e. The van der Waals surface area contributed by atoms with Crippen LogP contribution in [0.1, 0.15) is 52.2 Å².